The maximum Gasteiger partial charge on any atom is 0.311 e. The summed E-state index contributed by atoms with van der Waals surface area (Å²) < 4.78 is 18.8. The third-order valence-corrected chi connectivity index (χ3v) is 3.71. The van der Waals surface area contributed by atoms with Gasteiger partial charge in [0.15, 0.2) is 11.6 Å². The number of aromatic nitrogens is 1. The Balaban J connectivity index is 2.78. The third kappa shape index (κ3) is 2.60. The molecule has 0 amide bonds. The van der Waals surface area contributed by atoms with Crippen LogP contribution < -0.4 is 4.74 Å². The molecular weight excluding hydrogens is 273 g/mol. The Kier molecular flexibility index (Phi) is 3.70. The van der Waals surface area contributed by atoms with Crippen molar-refractivity contribution in [3.8, 4) is 5.75 Å². The first-order chi connectivity index (χ1) is 9.66. The van der Waals surface area contributed by atoms with E-state index in [0.29, 0.717) is 16.5 Å². The average molecular weight is 293 g/mol. The van der Waals surface area contributed by atoms with E-state index in [1.807, 2.05) is 20.8 Å². The number of fused-ring (bicyclic) bond motifs is 1. The maximum absolute atomic E-state index is 13.8. The highest BCUT2D eigenvalue weighted by molar-refractivity contribution is 5.92. The van der Waals surface area contributed by atoms with Gasteiger partial charge in [0.05, 0.1) is 13.0 Å². The molecule has 0 aliphatic carbocycles. The minimum Gasteiger partial charge on any atom is -0.494 e. The van der Waals surface area contributed by atoms with E-state index in [-0.39, 0.29) is 5.75 Å². The fourth-order valence-electron chi connectivity index (χ4n) is 2.81. The molecule has 0 aliphatic rings. The van der Waals surface area contributed by atoms with E-state index in [1.54, 1.807) is 13.0 Å². The van der Waals surface area contributed by atoms with Crippen LogP contribution in [-0.2, 0) is 4.79 Å². The van der Waals surface area contributed by atoms with Gasteiger partial charge in [-0.2, -0.15) is 0 Å². The monoisotopic (exact) mass is 293 g/mol. The van der Waals surface area contributed by atoms with Crippen molar-refractivity contribution in [3.63, 3.8) is 0 Å². The van der Waals surface area contributed by atoms with E-state index in [1.165, 1.54) is 13.2 Å². The van der Waals surface area contributed by atoms with E-state index in [0.717, 1.165) is 5.69 Å². The number of H-pyrrole nitrogens is 1. The predicted octanol–water partition coefficient (Wildman–Crippen LogP) is 3.84. The molecule has 0 spiro atoms. The summed E-state index contributed by atoms with van der Waals surface area (Å²) >= 11 is 0. The molecule has 1 unspecified atom stereocenters. The molecule has 1 aromatic heterocycles. The largest absolute Gasteiger partial charge is 0.494 e. The summed E-state index contributed by atoms with van der Waals surface area (Å²) in [5.41, 5.74) is 1.53. The lowest BCUT2D eigenvalue weighted by Gasteiger charge is -2.27. The Morgan fingerprint density at radius 3 is 2.48 bits per heavy atom. The van der Waals surface area contributed by atoms with Crippen molar-refractivity contribution in [1.29, 1.82) is 0 Å². The van der Waals surface area contributed by atoms with Gasteiger partial charge in [-0.15, -0.1) is 0 Å². The minimum atomic E-state index is -0.894. The molecule has 0 radical (unpaired) electrons. The van der Waals surface area contributed by atoms with Gasteiger partial charge in [-0.3, -0.25) is 4.79 Å². The van der Waals surface area contributed by atoms with E-state index in [4.69, 9.17) is 4.74 Å². The van der Waals surface area contributed by atoms with E-state index in [2.05, 4.69) is 4.98 Å². The quantitative estimate of drug-likeness (QED) is 0.903. The van der Waals surface area contributed by atoms with Crippen LogP contribution in [0, 0.1) is 18.2 Å². The smallest absolute Gasteiger partial charge is 0.311 e. The molecule has 21 heavy (non-hydrogen) atoms. The average Bonchev–Trinajstić information content (AvgIpc) is 2.62. The van der Waals surface area contributed by atoms with Gasteiger partial charge in [0.1, 0.15) is 0 Å². The van der Waals surface area contributed by atoms with E-state index < -0.39 is 23.1 Å². The number of aromatic amines is 1. The number of methoxy groups -OCH3 is 1. The van der Waals surface area contributed by atoms with Crippen LogP contribution in [0.5, 0.6) is 5.75 Å². The molecule has 114 valence electrons. The summed E-state index contributed by atoms with van der Waals surface area (Å²) in [6.07, 6.45) is 0. The van der Waals surface area contributed by atoms with Crippen LogP contribution in [0.25, 0.3) is 10.9 Å². The molecule has 2 rings (SSSR count). The maximum atomic E-state index is 13.8. The number of halogens is 1. The molecular formula is C16H20FNO3. The number of ether oxygens (including phenoxy) is 1. The van der Waals surface area contributed by atoms with Crippen molar-refractivity contribution in [2.75, 3.05) is 7.11 Å². The number of hydrogen-bond donors (Lipinski definition) is 2. The molecule has 0 saturated heterocycles. The SMILES string of the molecule is COc1cc2c(C(C(=O)O)C(C)(C)C)c(C)[nH]c2cc1F. The van der Waals surface area contributed by atoms with Crippen molar-refractivity contribution in [2.24, 2.45) is 5.41 Å². The summed E-state index contributed by atoms with van der Waals surface area (Å²) in [4.78, 5) is 14.8. The zero-order valence-corrected chi connectivity index (χ0v) is 12.9. The third-order valence-electron chi connectivity index (χ3n) is 3.71. The van der Waals surface area contributed by atoms with Crippen molar-refractivity contribution in [2.45, 2.75) is 33.6 Å². The summed E-state index contributed by atoms with van der Waals surface area (Å²) in [5.74, 6) is -1.95. The van der Waals surface area contributed by atoms with E-state index in [9.17, 15) is 14.3 Å². The summed E-state index contributed by atoms with van der Waals surface area (Å²) in [7, 11) is 1.39. The Hall–Kier alpha value is -2.04. The van der Waals surface area contributed by atoms with Crippen LogP contribution in [0.15, 0.2) is 12.1 Å². The molecule has 5 heteroatoms. The van der Waals surface area contributed by atoms with Gasteiger partial charge in [0.25, 0.3) is 0 Å². The number of carbonyl (C=O) groups is 1. The highest BCUT2D eigenvalue weighted by Crippen LogP contribution is 2.41. The summed E-state index contributed by atoms with van der Waals surface area (Å²) in [5, 5.41) is 10.3. The molecule has 1 aromatic carbocycles. The lowest BCUT2D eigenvalue weighted by molar-refractivity contribution is -0.141. The van der Waals surface area contributed by atoms with Crippen molar-refractivity contribution >= 4 is 16.9 Å². The van der Waals surface area contributed by atoms with Gasteiger partial charge in [-0.25, -0.2) is 4.39 Å². The van der Waals surface area contributed by atoms with Gasteiger partial charge in [-0.1, -0.05) is 20.8 Å². The molecule has 1 atom stereocenters. The van der Waals surface area contributed by atoms with Gasteiger partial charge in [0, 0.05) is 22.7 Å². The molecule has 0 fully saturated rings. The van der Waals surface area contributed by atoms with Crippen molar-refractivity contribution in [3.05, 3.63) is 29.2 Å². The van der Waals surface area contributed by atoms with Gasteiger partial charge < -0.3 is 14.8 Å². The number of carboxylic acid groups (broad SMARTS) is 1. The first kappa shape index (κ1) is 15.4. The standard InChI is InChI=1S/C16H20FNO3/c1-8-13(14(15(19)20)16(2,3)4)9-6-12(21-5)10(17)7-11(9)18-8/h6-7,14,18H,1-5H3,(H,19,20). The van der Waals surface area contributed by atoms with Crippen molar-refractivity contribution < 1.29 is 19.0 Å². The van der Waals surface area contributed by atoms with Crippen molar-refractivity contribution in [1.82, 2.24) is 4.98 Å². The number of hydrogen-bond acceptors (Lipinski definition) is 2. The Bertz CT molecular complexity index is 698. The topological polar surface area (TPSA) is 62.3 Å². The second-order valence-corrected chi connectivity index (χ2v) is 6.33. The lowest BCUT2D eigenvalue weighted by atomic mass is 9.75. The summed E-state index contributed by atoms with van der Waals surface area (Å²) in [6.45, 7) is 7.45. The molecule has 2 aromatic rings. The van der Waals surface area contributed by atoms with Gasteiger partial charge >= 0.3 is 5.97 Å². The first-order valence-corrected chi connectivity index (χ1v) is 6.75. The number of nitrogens with one attached hydrogen (secondary N) is 1. The number of aryl methyl sites for hydroxylation is 1. The Morgan fingerprint density at radius 2 is 2.00 bits per heavy atom. The molecule has 1 heterocycles. The van der Waals surface area contributed by atoms with Crippen LogP contribution >= 0.6 is 0 Å². The molecule has 2 N–H and O–H groups in total. The Labute approximate surface area is 122 Å². The van der Waals surface area contributed by atoms with Crippen LogP contribution in [0.3, 0.4) is 0 Å². The van der Waals surface area contributed by atoms with E-state index >= 15 is 0 Å². The number of carboxylic acids is 1. The van der Waals surface area contributed by atoms with Crippen LogP contribution in [0.1, 0.15) is 37.9 Å². The molecule has 4 nitrogen and oxygen atoms in total. The highest BCUT2D eigenvalue weighted by Gasteiger charge is 2.36. The number of benzene rings is 1. The molecule has 0 saturated carbocycles. The van der Waals surface area contributed by atoms with Gasteiger partial charge in [0.2, 0.25) is 0 Å². The zero-order valence-electron chi connectivity index (χ0n) is 12.9. The van der Waals surface area contributed by atoms with Crippen LogP contribution in [0.2, 0.25) is 0 Å². The fraction of sp³-hybridized carbons (Fsp3) is 0.438. The van der Waals surface area contributed by atoms with Crippen LogP contribution in [0.4, 0.5) is 4.39 Å². The number of rotatable bonds is 3. The first-order valence-electron chi connectivity index (χ1n) is 6.75. The predicted molar refractivity (Wildman–Crippen MR) is 79.4 cm³/mol. The second-order valence-electron chi connectivity index (χ2n) is 6.33. The number of aliphatic carboxylic acids is 1. The highest BCUT2D eigenvalue weighted by atomic mass is 19.1. The fourth-order valence-corrected chi connectivity index (χ4v) is 2.81. The molecule has 0 aliphatic heterocycles. The normalized spacial score (nSPS) is 13.4. The van der Waals surface area contributed by atoms with Crippen LogP contribution in [-0.4, -0.2) is 23.2 Å². The summed E-state index contributed by atoms with van der Waals surface area (Å²) in [6, 6.07) is 2.90. The molecule has 0 bridgehead atoms. The minimum absolute atomic E-state index is 0.112. The van der Waals surface area contributed by atoms with Gasteiger partial charge in [-0.05, 0) is 24.0 Å². The zero-order chi connectivity index (χ0) is 15.9. The second kappa shape index (κ2) is 5.06. The Morgan fingerprint density at radius 1 is 1.38 bits per heavy atom. The lowest BCUT2D eigenvalue weighted by Crippen LogP contribution is -2.26.